The van der Waals surface area contributed by atoms with E-state index in [1.807, 2.05) is 30.3 Å². The van der Waals surface area contributed by atoms with Crippen LogP contribution in [0.2, 0.25) is 0 Å². The predicted octanol–water partition coefficient (Wildman–Crippen LogP) is 8.06. The third-order valence-electron chi connectivity index (χ3n) is 7.94. The van der Waals surface area contributed by atoms with Gasteiger partial charge in [0.2, 0.25) is 0 Å². The lowest BCUT2D eigenvalue weighted by Gasteiger charge is -2.38. The summed E-state index contributed by atoms with van der Waals surface area (Å²) in [5, 5.41) is 6.15. The van der Waals surface area contributed by atoms with Gasteiger partial charge < -0.3 is 4.84 Å². The Morgan fingerprint density at radius 2 is 1.05 bits per heavy atom. The maximum atomic E-state index is 11.9. The number of hydrogen-bond acceptors (Lipinski definition) is 3. The van der Waals surface area contributed by atoms with Gasteiger partial charge in [0, 0.05) is 29.2 Å². The molecule has 0 amide bonds. The van der Waals surface area contributed by atoms with Crippen molar-refractivity contribution >= 4 is 27.5 Å². The van der Waals surface area contributed by atoms with Crippen LogP contribution in [-0.4, -0.2) is 11.0 Å². The van der Waals surface area contributed by atoms with Crippen molar-refractivity contribution in [3.05, 3.63) is 130 Å². The number of rotatable bonds is 1. The van der Waals surface area contributed by atoms with Crippen LogP contribution in [0.3, 0.4) is 0 Å². The van der Waals surface area contributed by atoms with Crippen LogP contribution < -0.4 is 0 Å². The van der Waals surface area contributed by atoms with Gasteiger partial charge in [-0.15, -0.1) is 5.06 Å². The van der Waals surface area contributed by atoms with Crippen LogP contribution in [0.4, 0.5) is 0 Å². The van der Waals surface area contributed by atoms with E-state index in [4.69, 9.17) is 4.84 Å². The molecule has 0 saturated heterocycles. The van der Waals surface area contributed by atoms with Crippen LogP contribution >= 0.6 is 0 Å². The van der Waals surface area contributed by atoms with Crippen molar-refractivity contribution in [3.63, 3.8) is 0 Å². The lowest BCUT2D eigenvalue weighted by molar-refractivity contribution is -0.247. The van der Waals surface area contributed by atoms with Crippen molar-refractivity contribution in [2.24, 2.45) is 0 Å². The first-order chi connectivity index (χ1) is 19.7. The van der Waals surface area contributed by atoms with Gasteiger partial charge >= 0.3 is 5.97 Å². The van der Waals surface area contributed by atoms with Gasteiger partial charge in [-0.2, -0.15) is 0 Å². The molecule has 0 aliphatic carbocycles. The zero-order valence-corrected chi connectivity index (χ0v) is 24.0. The van der Waals surface area contributed by atoms with Crippen molar-refractivity contribution < 1.29 is 9.63 Å². The molecule has 0 bridgehead atoms. The maximum absolute atomic E-state index is 11.9. The Labute approximate surface area is 241 Å². The van der Waals surface area contributed by atoms with Crippen LogP contribution in [-0.2, 0) is 20.7 Å². The molecule has 3 nitrogen and oxygen atoms in total. The standard InChI is InChI=1S/C38H31NO2/c1-26(40)41-39-37(2,3)35-24-21-28(25-36(35)38(39,4)5)20-23-34-31-17-11-9-15-29(31)33(30-16-10-12-18-32(30)34)22-19-27-13-7-6-8-14-27/h6-18,21,24-25H,1-5H3. The van der Waals surface area contributed by atoms with Crippen LogP contribution in [0.25, 0.3) is 21.5 Å². The normalized spacial score (nSPS) is 15.0. The highest BCUT2D eigenvalue weighted by molar-refractivity contribution is 6.09. The Hall–Kier alpha value is -4.83. The molecule has 6 rings (SSSR count). The molecule has 0 N–H and O–H groups in total. The fourth-order valence-corrected chi connectivity index (χ4v) is 6.12. The molecule has 0 spiro atoms. The van der Waals surface area contributed by atoms with Crippen molar-refractivity contribution in [2.45, 2.75) is 45.7 Å². The lowest BCUT2D eigenvalue weighted by Crippen LogP contribution is -2.46. The molecule has 0 aromatic heterocycles. The highest BCUT2D eigenvalue weighted by Crippen LogP contribution is 2.49. The zero-order chi connectivity index (χ0) is 28.8. The molecule has 1 heterocycles. The maximum Gasteiger partial charge on any atom is 0.322 e. The Balaban J connectivity index is 1.50. The lowest BCUT2D eigenvalue weighted by atomic mass is 9.89. The number of hydrogen-bond donors (Lipinski definition) is 0. The third kappa shape index (κ3) is 4.55. The van der Waals surface area contributed by atoms with E-state index in [-0.39, 0.29) is 5.97 Å². The predicted molar refractivity (Wildman–Crippen MR) is 166 cm³/mol. The van der Waals surface area contributed by atoms with E-state index in [1.165, 1.54) is 6.92 Å². The van der Waals surface area contributed by atoms with Crippen LogP contribution in [0.1, 0.15) is 68.0 Å². The van der Waals surface area contributed by atoms with Gasteiger partial charge in [-0.1, -0.05) is 96.5 Å². The smallest absolute Gasteiger partial charge is 0.322 e. The molecule has 0 unspecified atom stereocenters. The minimum atomic E-state index is -0.499. The third-order valence-corrected chi connectivity index (χ3v) is 7.94. The first kappa shape index (κ1) is 26.4. The summed E-state index contributed by atoms with van der Waals surface area (Å²) >= 11 is 0. The number of carbonyl (C=O) groups excluding carboxylic acids is 1. The van der Waals surface area contributed by atoms with Gasteiger partial charge in [-0.05, 0) is 84.6 Å². The Bertz CT molecular complexity index is 1900. The zero-order valence-electron chi connectivity index (χ0n) is 24.0. The molecular formula is C38H31NO2. The van der Waals surface area contributed by atoms with E-state index in [9.17, 15) is 4.79 Å². The molecule has 1 aliphatic rings. The Kier molecular flexibility index (Phi) is 6.42. The van der Waals surface area contributed by atoms with Gasteiger partial charge in [0.05, 0.1) is 11.1 Å². The van der Waals surface area contributed by atoms with E-state index < -0.39 is 11.1 Å². The van der Waals surface area contributed by atoms with E-state index in [0.717, 1.165) is 54.9 Å². The summed E-state index contributed by atoms with van der Waals surface area (Å²) in [6.07, 6.45) is 0. The summed E-state index contributed by atoms with van der Waals surface area (Å²) in [5.41, 5.74) is 5.18. The average Bonchev–Trinajstić information content (AvgIpc) is 3.11. The molecule has 5 aromatic rings. The van der Waals surface area contributed by atoms with E-state index >= 15 is 0 Å². The highest BCUT2D eigenvalue weighted by atomic mass is 16.7. The van der Waals surface area contributed by atoms with Crippen LogP contribution in [0, 0.1) is 23.7 Å². The van der Waals surface area contributed by atoms with E-state index in [0.29, 0.717) is 0 Å². The molecule has 0 radical (unpaired) electrons. The molecule has 0 fully saturated rings. The Morgan fingerprint density at radius 3 is 1.56 bits per heavy atom. The van der Waals surface area contributed by atoms with Crippen LogP contribution in [0.5, 0.6) is 0 Å². The van der Waals surface area contributed by atoms with Gasteiger partial charge in [0.1, 0.15) is 0 Å². The summed E-state index contributed by atoms with van der Waals surface area (Å²) in [5.74, 6) is 13.5. The van der Waals surface area contributed by atoms with Crippen molar-refractivity contribution in [3.8, 4) is 23.7 Å². The van der Waals surface area contributed by atoms with Crippen LogP contribution in [0.15, 0.2) is 97.1 Å². The second-order valence-electron chi connectivity index (χ2n) is 11.5. The highest BCUT2D eigenvalue weighted by Gasteiger charge is 2.51. The first-order valence-corrected chi connectivity index (χ1v) is 13.8. The summed E-state index contributed by atoms with van der Waals surface area (Å²) < 4.78 is 0. The van der Waals surface area contributed by atoms with Gasteiger partial charge in [-0.3, -0.25) is 4.79 Å². The van der Waals surface area contributed by atoms with E-state index in [2.05, 4.69) is 118 Å². The van der Waals surface area contributed by atoms with Crippen molar-refractivity contribution in [2.75, 3.05) is 0 Å². The average molecular weight is 534 g/mol. The molecule has 200 valence electrons. The number of benzene rings is 5. The molecule has 1 aliphatic heterocycles. The van der Waals surface area contributed by atoms with Gasteiger partial charge in [-0.25, -0.2) is 0 Å². The summed E-state index contributed by atoms with van der Waals surface area (Å²) in [6.45, 7) is 9.76. The summed E-state index contributed by atoms with van der Waals surface area (Å²) in [6, 6.07) is 33.1. The Morgan fingerprint density at radius 1 is 0.585 bits per heavy atom. The molecule has 5 aromatic carbocycles. The number of nitrogens with zero attached hydrogens (tertiary/aromatic N) is 1. The quantitative estimate of drug-likeness (QED) is 0.161. The topological polar surface area (TPSA) is 29.5 Å². The van der Waals surface area contributed by atoms with Crippen molar-refractivity contribution in [1.82, 2.24) is 5.06 Å². The van der Waals surface area contributed by atoms with Crippen molar-refractivity contribution in [1.29, 1.82) is 0 Å². The monoisotopic (exact) mass is 533 g/mol. The SMILES string of the molecule is CC(=O)ON1C(C)(C)c2ccc(C#Cc3c4ccccc4c(C#Cc4ccccc4)c4ccccc34)cc2C1(C)C. The largest absolute Gasteiger partial charge is 0.367 e. The number of fused-ring (bicyclic) bond motifs is 3. The molecule has 3 heteroatoms. The molecule has 0 saturated carbocycles. The second kappa shape index (κ2) is 9.97. The molecule has 0 atom stereocenters. The first-order valence-electron chi connectivity index (χ1n) is 13.8. The minimum absolute atomic E-state index is 0.324. The number of hydroxylamine groups is 2. The fourth-order valence-electron chi connectivity index (χ4n) is 6.12. The van der Waals surface area contributed by atoms with Gasteiger partial charge in [0.25, 0.3) is 0 Å². The minimum Gasteiger partial charge on any atom is -0.367 e. The van der Waals surface area contributed by atoms with Gasteiger partial charge in [0.15, 0.2) is 0 Å². The summed E-state index contributed by atoms with van der Waals surface area (Å²) in [7, 11) is 0. The van der Waals surface area contributed by atoms with E-state index in [1.54, 1.807) is 5.06 Å². The summed E-state index contributed by atoms with van der Waals surface area (Å²) in [4.78, 5) is 17.6. The molecule has 41 heavy (non-hydrogen) atoms. The fraction of sp³-hybridized carbons (Fsp3) is 0.184. The number of carbonyl (C=O) groups is 1. The molecular weight excluding hydrogens is 502 g/mol. The second-order valence-corrected chi connectivity index (χ2v) is 11.5.